The Morgan fingerprint density at radius 1 is 1.36 bits per heavy atom. The van der Waals surface area contributed by atoms with Crippen LogP contribution in [0.4, 0.5) is 0 Å². The van der Waals surface area contributed by atoms with Crippen LogP contribution in [0.15, 0.2) is 18.2 Å². The third-order valence-corrected chi connectivity index (χ3v) is 2.07. The number of hydrazine groups is 1. The van der Waals surface area contributed by atoms with E-state index in [4.69, 9.17) is 10.6 Å². The van der Waals surface area contributed by atoms with Gasteiger partial charge >= 0.3 is 0 Å². The summed E-state index contributed by atoms with van der Waals surface area (Å²) in [6.07, 6.45) is 0.921. The van der Waals surface area contributed by atoms with Crippen molar-refractivity contribution < 1.29 is 4.74 Å². The predicted molar refractivity (Wildman–Crippen MR) is 58.2 cm³/mol. The molecule has 1 rings (SSSR count). The third-order valence-electron chi connectivity index (χ3n) is 2.07. The quantitative estimate of drug-likeness (QED) is 0.424. The van der Waals surface area contributed by atoms with E-state index in [1.165, 1.54) is 11.1 Å². The minimum absolute atomic E-state index is 0.703. The molecule has 0 atom stereocenters. The first kappa shape index (κ1) is 11.0. The summed E-state index contributed by atoms with van der Waals surface area (Å²) in [7, 11) is 0. The van der Waals surface area contributed by atoms with Gasteiger partial charge in [0.1, 0.15) is 5.75 Å². The van der Waals surface area contributed by atoms with Gasteiger partial charge in [-0.2, -0.15) is 0 Å². The molecule has 0 saturated carbocycles. The Morgan fingerprint density at radius 3 is 2.86 bits per heavy atom. The maximum Gasteiger partial charge on any atom is 0.122 e. The molecule has 1 aromatic rings. The maximum absolute atomic E-state index is 5.62. The summed E-state index contributed by atoms with van der Waals surface area (Å²) in [5, 5.41) is 0. The molecule has 0 aromatic heterocycles. The standard InChI is InChI=1S/C11H18N2O/c1-9-4-5-10(2)11(8-9)14-7-3-6-13-12/h4-5,8,13H,3,6-7,12H2,1-2H3. The molecule has 0 unspecified atom stereocenters. The van der Waals surface area contributed by atoms with Crippen molar-refractivity contribution in [2.24, 2.45) is 5.84 Å². The van der Waals surface area contributed by atoms with Crippen LogP contribution in [0.3, 0.4) is 0 Å². The Bertz CT molecular complexity index is 287. The molecule has 0 heterocycles. The lowest BCUT2D eigenvalue weighted by Crippen LogP contribution is -2.24. The van der Waals surface area contributed by atoms with Crippen LogP contribution >= 0.6 is 0 Å². The number of benzene rings is 1. The number of nitrogens with two attached hydrogens (primary N) is 1. The summed E-state index contributed by atoms with van der Waals surface area (Å²) < 4.78 is 5.62. The molecule has 0 aliphatic carbocycles. The van der Waals surface area contributed by atoms with E-state index >= 15 is 0 Å². The molecule has 1 aromatic carbocycles. The van der Waals surface area contributed by atoms with Gasteiger partial charge < -0.3 is 4.74 Å². The van der Waals surface area contributed by atoms with E-state index in [2.05, 4.69) is 37.5 Å². The van der Waals surface area contributed by atoms with Crippen LogP contribution < -0.4 is 16.0 Å². The van der Waals surface area contributed by atoms with Gasteiger partial charge in [-0.3, -0.25) is 11.3 Å². The van der Waals surface area contributed by atoms with Crippen LogP contribution in [0.5, 0.6) is 5.75 Å². The second-order valence-corrected chi connectivity index (χ2v) is 3.43. The van der Waals surface area contributed by atoms with E-state index in [9.17, 15) is 0 Å². The number of hydrogen-bond acceptors (Lipinski definition) is 3. The Kier molecular flexibility index (Phi) is 4.43. The molecule has 3 N–H and O–H groups in total. The second kappa shape index (κ2) is 5.62. The zero-order chi connectivity index (χ0) is 10.4. The molecule has 0 bridgehead atoms. The molecular formula is C11H18N2O. The normalized spacial score (nSPS) is 10.2. The number of aryl methyl sites for hydroxylation is 2. The maximum atomic E-state index is 5.62. The summed E-state index contributed by atoms with van der Waals surface area (Å²) in [6.45, 7) is 5.60. The fourth-order valence-corrected chi connectivity index (χ4v) is 1.22. The Morgan fingerprint density at radius 2 is 2.14 bits per heavy atom. The fourth-order valence-electron chi connectivity index (χ4n) is 1.22. The topological polar surface area (TPSA) is 47.3 Å². The Hall–Kier alpha value is -1.06. The zero-order valence-electron chi connectivity index (χ0n) is 8.84. The van der Waals surface area contributed by atoms with Gasteiger partial charge in [0.05, 0.1) is 6.61 Å². The van der Waals surface area contributed by atoms with Gasteiger partial charge in [0.25, 0.3) is 0 Å². The van der Waals surface area contributed by atoms with Crippen LogP contribution in [-0.4, -0.2) is 13.2 Å². The van der Waals surface area contributed by atoms with E-state index in [0.29, 0.717) is 6.61 Å². The largest absolute Gasteiger partial charge is 0.493 e. The summed E-state index contributed by atoms with van der Waals surface area (Å²) in [5.74, 6) is 6.13. The average molecular weight is 194 g/mol. The van der Waals surface area contributed by atoms with E-state index in [1.807, 2.05) is 0 Å². The van der Waals surface area contributed by atoms with Gasteiger partial charge in [-0.15, -0.1) is 0 Å². The van der Waals surface area contributed by atoms with Crippen molar-refractivity contribution in [3.63, 3.8) is 0 Å². The van der Waals surface area contributed by atoms with Crippen molar-refractivity contribution in [1.29, 1.82) is 0 Å². The fraction of sp³-hybridized carbons (Fsp3) is 0.455. The predicted octanol–water partition coefficient (Wildman–Crippen LogP) is 1.54. The monoisotopic (exact) mass is 194 g/mol. The van der Waals surface area contributed by atoms with Crippen molar-refractivity contribution in [2.45, 2.75) is 20.3 Å². The molecule has 0 radical (unpaired) electrons. The van der Waals surface area contributed by atoms with Crippen molar-refractivity contribution in [1.82, 2.24) is 5.43 Å². The highest BCUT2D eigenvalue weighted by Crippen LogP contribution is 2.18. The highest BCUT2D eigenvalue weighted by molar-refractivity contribution is 5.35. The van der Waals surface area contributed by atoms with Crippen molar-refractivity contribution >= 4 is 0 Å². The Balaban J connectivity index is 2.45. The lowest BCUT2D eigenvalue weighted by atomic mass is 10.1. The van der Waals surface area contributed by atoms with Crippen LogP contribution in [-0.2, 0) is 0 Å². The van der Waals surface area contributed by atoms with Crippen LogP contribution in [0.25, 0.3) is 0 Å². The minimum atomic E-state index is 0.703. The second-order valence-electron chi connectivity index (χ2n) is 3.43. The molecule has 0 aliphatic rings. The summed E-state index contributed by atoms with van der Waals surface area (Å²) >= 11 is 0. The van der Waals surface area contributed by atoms with E-state index in [-0.39, 0.29) is 0 Å². The summed E-state index contributed by atoms with van der Waals surface area (Å²) in [5.41, 5.74) is 5.00. The van der Waals surface area contributed by atoms with E-state index in [0.717, 1.165) is 18.7 Å². The number of rotatable bonds is 5. The molecule has 0 amide bonds. The SMILES string of the molecule is Cc1ccc(C)c(OCCCNN)c1. The van der Waals surface area contributed by atoms with Gasteiger partial charge in [-0.1, -0.05) is 12.1 Å². The number of nitrogens with one attached hydrogen (secondary N) is 1. The number of hydrogen-bond donors (Lipinski definition) is 2. The molecule has 14 heavy (non-hydrogen) atoms. The first-order valence-electron chi connectivity index (χ1n) is 4.87. The zero-order valence-corrected chi connectivity index (χ0v) is 8.84. The molecule has 3 nitrogen and oxygen atoms in total. The lowest BCUT2D eigenvalue weighted by Gasteiger charge is -2.09. The van der Waals surface area contributed by atoms with E-state index < -0.39 is 0 Å². The first-order valence-corrected chi connectivity index (χ1v) is 4.87. The molecule has 3 heteroatoms. The smallest absolute Gasteiger partial charge is 0.122 e. The van der Waals surface area contributed by atoms with E-state index in [1.54, 1.807) is 0 Å². The highest BCUT2D eigenvalue weighted by Gasteiger charge is 1.98. The molecule has 0 spiro atoms. The minimum Gasteiger partial charge on any atom is -0.493 e. The molecular weight excluding hydrogens is 176 g/mol. The van der Waals surface area contributed by atoms with Crippen molar-refractivity contribution in [3.8, 4) is 5.75 Å². The van der Waals surface area contributed by atoms with Gasteiger partial charge in [-0.25, -0.2) is 0 Å². The summed E-state index contributed by atoms with van der Waals surface area (Å²) in [4.78, 5) is 0. The van der Waals surface area contributed by atoms with Gasteiger partial charge in [-0.05, 0) is 37.5 Å². The van der Waals surface area contributed by atoms with Gasteiger partial charge in [0, 0.05) is 6.54 Å². The summed E-state index contributed by atoms with van der Waals surface area (Å²) in [6, 6.07) is 6.22. The lowest BCUT2D eigenvalue weighted by molar-refractivity contribution is 0.306. The number of ether oxygens (including phenoxy) is 1. The Labute approximate surface area is 85.2 Å². The van der Waals surface area contributed by atoms with Crippen LogP contribution in [0.2, 0.25) is 0 Å². The van der Waals surface area contributed by atoms with Crippen LogP contribution in [0.1, 0.15) is 17.5 Å². The average Bonchev–Trinajstić information content (AvgIpc) is 2.18. The van der Waals surface area contributed by atoms with Gasteiger partial charge in [0.15, 0.2) is 0 Å². The molecule has 0 fully saturated rings. The van der Waals surface area contributed by atoms with Crippen molar-refractivity contribution in [2.75, 3.05) is 13.2 Å². The third kappa shape index (κ3) is 3.36. The molecule has 0 aliphatic heterocycles. The van der Waals surface area contributed by atoms with Crippen molar-refractivity contribution in [3.05, 3.63) is 29.3 Å². The molecule has 0 saturated heterocycles. The van der Waals surface area contributed by atoms with Gasteiger partial charge in [0.2, 0.25) is 0 Å². The molecule has 78 valence electrons. The highest BCUT2D eigenvalue weighted by atomic mass is 16.5. The van der Waals surface area contributed by atoms with Crippen LogP contribution in [0, 0.1) is 13.8 Å². The first-order chi connectivity index (χ1) is 6.74.